The standard InChI is InChI=1S/C12H18FN3O.ClH/c13-11-8-15-12(16-9-11)17-6-2-4-10-3-1-5-14-7-10;/h8-10,14H,1-7H2;1H. The molecule has 0 radical (unpaired) electrons. The van der Waals surface area contributed by atoms with Crippen molar-refractivity contribution in [2.45, 2.75) is 25.7 Å². The predicted octanol–water partition coefficient (Wildman–Crippen LogP) is 2.20. The molecule has 2 heterocycles. The zero-order chi connectivity index (χ0) is 11.9. The summed E-state index contributed by atoms with van der Waals surface area (Å²) in [6.07, 6.45) is 6.97. The molecule has 0 amide bonds. The van der Waals surface area contributed by atoms with Gasteiger partial charge in [-0.1, -0.05) is 0 Å². The molecule has 1 aromatic heterocycles. The molecule has 18 heavy (non-hydrogen) atoms. The highest BCUT2D eigenvalue weighted by Crippen LogP contribution is 2.15. The van der Waals surface area contributed by atoms with E-state index in [9.17, 15) is 4.39 Å². The number of hydrogen-bond donors (Lipinski definition) is 1. The highest BCUT2D eigenvalue weighted by molar-refractivity contribution is 5.85. The molecular formula is C12H19ClFN3O. The molecule has 1 aliphatic rings. The van der Waals surface area contributed by atoms with Gasteiger partial charge in [-0.25, -0.2) is 14.4 Å². The summed E-state index contributed by atoms with van der Waals surface area (Å²) < 4.78 is 17.9. The van der Waals surface area contributed by atoms with Gasteiger partial charge in [0.1, 0.15) is 0 Å². The molecule has 1 aliphatic heterocycles. The van der Waals surface area contributed by atoms with Crippen molar-refractivity contribution in [1.82, 2.24) is 15.3 Å². The largest absolute Gasteiger partial charge is 0.463 e. The van der Waals surface area contributed by atoms with Gasteiger partial charge >= 0.3 is 6.01 Å². The van der Waals surface area contributed by atoms with E-state index in [0.717, 1.165) is 44.2 Å². The summed E-state index contributed by atoms with van der Waals surface area (Å²) in [5.74, 6) is 0.326. The Labute approximate surface area is 113 Å². The lowest BCUT2D eigenvalue weighted by molar-refractivity contribution is 0.259. The van der Waals surface area contributed by atoms with Crippen LogP contribution >= 0.6 is 12.4 Å². The molecule has 1 atom stereocenters. The molecule has 0 spiro atoms. The van der Waals surface area contributed by atoms with Gasteiger partial charge in [-0.3, -0.25) is 0 Å². The average molecular weight is 276 g/mol. The minimum absolute atomic E-state index is 0. The topological polar surface area (TPSA) is 47.0 Å². The summed E-state index contributed by atoms with van der Waals surface area (Å²) in [6.45, 7) is 2.87. The quantitative estimate of drug-likeness (QED) is 0.837. The van der Waals surface area contributed by atoms with Crippen molar-refractivity contribution < 1.29 is 9.13 Å². The molecule has 1 unspecified atom stereocenters. The van der Waals surface area contributed by atoms with Crippen molar-refractivity contribution in [2.24, 2.45) is 5.92 Å². The second-order valence-corrected chi connectivity index (χ2v) is 4.39. The van der Waals surface area contributed by atoms with E-state index in [2.05, 4.69) is 15.3 Å². The van der Waals surface area contributed by atoms with Crippen LogP contribution in [0.15, 0.2) is 12.4 Å². The monoisotopic (exact) mass is 275 g/mol. The molecule has 0 aliphatic carbocycles. The number of rotatable bonds is 5. The van der Waals surface area contributed by atoms with E-state index in [0.29, 0.717) is 6.61 Å². The third kappa shape index (κ3) is 5.14. The Balaban J connectivity index is 0.00000162. The summed E-state index contributed by atoms with van der Waals surface area (Å²) >= 11 is 0. The van der Waals surface area contributed by atoms with Gasteiger partial charge in [-0.15, -0.1) is 12.4 Å². The number of halogens is 2. The molecule has 1 saturated heterocycles. The van der Waals surface area contributed by atoms with Crippen LogP contribution in [-0.2, 0) is 0 Å². The summed E-state index contributed by atoms with van der Waals surface area (Å²) in [7, 11) is 0. The Morgan fingerprint density at radius 1 is 1.39 bits per heavy atom. The van der Waals surface area contributed by atoms with Crippen LogP contribution < -0.4 is 10.1 Å². The van der Waals surface area contributed by atoms with Crippen molar-refractivity contribution in [1.29, 1.82) is 0 Å². The van der Waals surface area contributed by atoms with E-state index in [4.69, 9.17) is 4.74 Å². The van der Waals surface area contributed by atoms with Gasteiger partial charge in [0, 0.05) is 0 Å². The van der Waals surface area contributed by atoms with Gasteiger partial charge < -0.3 is 10.1 Å². The Morgan fingerprint density at radius 3 is 2.83 bits per heavy atom. The molecule has 6 heteroatoms. The lowest BCUT2D eigenvalue weighted by atomic mass is 9.95. The zero-order valence-corrected chi connectivity index (χ0v) is 11.1. The normalized spacial score (nSPS) is 19.1. The molecular weight excluding hydrogens is 257 g/mol. The fraction of sp³-hybridized carbons (Fsp3) is 0.667. The van der Waals surface area contributed by atoms with Gasteiger partial charge in [0.15, 0.2) is 5.82 Å². The number of piperidine rings is 1. The van der Waals surface area contributed by atoms with E-state index in [1.807, 2.05) is 0 Å². The maximum atomic E-state index is 12.5. The molecule has 1 fully saturated rings. The van der Waals surface area contributed by atoms with E-state index in [-0.39, 0.29) is 18.4 Å². The Kier molecular flexibility index (Phi) is 6.90. The van der Waals surface area contributed by atoms with Crippen molar-refractivity contribution in [3.63, 3.8) is 0 Å². The van der Waals surface area contributed by atoms with Gasteiger partial charge in [0.05, 0.1) is 19.0 Å². The number of aromatic nitrogens is 2. The second-order valence-electron chi connectivity index (χ2n) is 4.39. The fourth-order valence-electron chi connectivity index (χ4n) is 2.08. The Morgan fingerprint density at radius 2 is 2.17 bits per heavy atom. The first-order valence-electron chi connectivity index (χ1n) is 6.15. The SMILES string of the molecule is Cl.Fc1cnc(OCCCC2CCCNC2)nc1. The van der Waals surface area contributed by atoms with Crippen LogP contribution in [0.4, 0.5) is 4.39 Å². The molecule has 2 rings (SSSR count). The van der Waals surface area contributed by atoms with E-state index in [1.54, 1.807) is 0 Å². The van der Waals surface area contributed by atoms with Gasteiger partial charge in [-0.2, -0.15) is 0 Å². The second kappa shape index (κ2) is 8.21. The highest BCUT2D eigenvalue weighted by atomic mass is 35.5. The van der Waals surface area contributed by atoms with Crippen LogP contribution in [0, 0.1) is 11.7 Å². The van der Waals surface area contributed by atoms with E-state index >= 15 is 0 Å². The molecule has 102 valence electrons. The van der Waals surface area contributed by atoms with Gasteiger partial charge in [-0.05, 0) is 44.7 Å². The maximum absolute atomic E-state index is 12.5. The van der Waals surface area contributed by atoms with Crippen LogP contribution in [0.25, 0.3) is 0 Å². The highest BCUT2D eigenvalue weighted by Gasteiger charge is 2.12. The third-order valence-corrected chi connectivity index (χ3v) is 2.98. The summed E-state index contributed by atoms with van der Waals surface area (Å²) in [5, 5.41) is 3.39. The van der Waals surface area contributed by atoms with Crippen LogP contribution in [-0.4, -0.2) is 29.7 Å². The van der Waals surface area contributed by atoms with Gasteiger partial charge in [0.2, 0.25) is 0 Å². The first-order valence-corrected chi connectivity index (χ1v) is 6.15. The average Bonchev–Trinajstić information content (AvgIpc) is 2.38. The van der Waals surface area contributed by atoms with Crippen molar-refractivity contribution in [2.75, 3.05) is 19.7 Å². The molecule has 0 aromatic carbocycles. The number of hydrogen-bond acceptors (Lipinski definition) is 4. The molecule has 1 aromatic rings. The minimum Gasteiger partial charge on any atom is -0.463 e. The third-order valence-electron chi connectivity index (χ3n) is 2.98. The summed E-state index contributed by atoms with van der Waals surface area (Å²) in [5.41, 5.74) is 0. The lowest BCUT2D eigenvalue weighted by Gasteiger charge is -2.22. The summed E-state index contributed by atoms with van der Waals surface area (Å²) in [6, 6.07) is 0.258. The van der Waals surface area contributed by atoms with Crippen LogP contribution in [0.2, 0.25) is 0 Å². The molecule has 0 saturated carbocycles. The number of nitrogens with one attached hydrogen (secondary N) is 1. The molecule has 0 bridgehead atoms. The number of ether oxygens (including phenoxy) is 1. The molecule has 4 nitrogen and oxygen atoms in total. The van der Waals surface area contributed by atoms with Crippen molar-refractivity contribution in [3.05, 3.63) is 18.2 Å². The van der Waals surface area contributed by atoms with Crippen LogP contribution in [0.1, 0.15) is 25.7 Å². The van der Waals surface area contributed by atoms with Crippen LogP contribution in [0.3, 0.4) is 0 Å². The predicted molar refractivity (Wildman–Crippen MR) is 69.6 cm³/mol. The van der Waals surface area contributed by atoms with Gasteiger partial charge in [0.25, 0.3) is 0 Å². The number of nitrogens with zero attached hydrogens (tertiary/aromatic N) is 2. The first kappa shape index (κ1) is 15.1. The maximum Gasteiger partial charge on any atom is 0.316 e. The fourth-order valence-corrected chi connectivity index (χ4v) is 2.08. The Bertz CT molecular complexity index is 331. The minimum atomic E-state index is -0.439. The first-order chi connectivity index (χ1) is 8.34. The van der Waals surface area contributed by atoms with Crippen LogP contribution in [0.5, 0.6) is 6.01 Å². The van der Waals surface area contributed by atoms with Crippen molar-refractivity contribution in [3.8, 4) is 6.01 Å². The lowest BCUT2D eigenvalue weighted by Crippen LogP contribution is -2.29. The Hall–Kier alpha value is -0.940. The molecule has 1 N–H and O–H groups in total. The van der Waals surface area contributed by atoms with Crippen molar-refractivity contribution >= 4 is 12.4 Å². The smallest absolute Gasteiger partial charge is 0.316 e. The van der Waals surface area contributed by atoms with E-state index in [1.165, 1.54) is 12.8 Å². The van der Waals surface area contributed by atoms with E-state index < -0.39 is 5.82 Å². The summed E-state index contributed by atoms with van der Waals surface area (Å²) in [4.78, 5) is 7.48. The zero-order valence-electron chi connectivity index (χ0n) is 10.3.